The first-order chi connectivity index (χ1) is 6.83. The number of anilines is 1. The highest BCUT2D eigenvalue weighted by atomic mass is 35.5. The summed E-state index contributed by atoms with van der Waals surface area (Å²) >= 11 is 5.46. The van der Waals surface area contributed by atoms with Crippen molar-refractivity contribution in [3.05, 3.63) is 24.5 Å². The van der Waals surface area contributed by atoms with Crippen molar-refractivity contribution in [1.29, 1.82) is 0 Å². The number of carbonyl (C=O) groups is 1. The van der Waals surface area contributed by atoms with Crippen LogP contribution in [0.15, 0.2) is 24.5 Å². The Morgan fingerprint density at radius 3 is 3.07 bits per heavy atom. The van der Waals surface area contributed by atoms with Gasteiger partial charge in [-0.1, -0.05) is 0 Å². The van der Waals surface area contributed by atoms with E-state index in [0.717, 1.165) is 6.42 Å². The maximum Gasteiger partial charge on any atom is 0.319 e. The molecule has 4 nitrogen and oxygen atoms in total. The summed E-state index contributed by atoms with van der Waals surface area (Å²) < 4.78 is 0. The zero-order valence-electron chi connectivity index (χ0n) is 7.66. The number of hydrogen-bond donors (Lipinski definition) is 2. The molecule has 0 bridgehead atoms. The van der Waals surface area contributed by atoms with Gasteiger partial charge >= 0.3 is 6.03 Å². The fourth-order valence-corrected chi connectivity index (χ4v) is 1.01. The molecule has 1 rings (SSSR count). The molecular weight excluding hydrogens is 202 g/mol. The molecular formula is C9H12ClN3O. The van der Waals surface area contributed by atoms with Crippen LogP contribution in [0.5, 0.6) is 0 Å². The second-order valence-electron chi connectivity index (χ2n) is 2.67. The summed E-state index contributed by atoms with van der Waals surface area (Å²) in [4.78, 5) is 15.1. The molecule has 1 aromatic rings. The van der Waals surface area contributed by atoms with Crippen LogP contribution in [0, 0.1) is 0 Å². The fourth-order valence-electron chi connectivity index (χ4n) is 0.881. The number of amides is 2. The Morgan fingerprint density at radius 2 is 2.43 bits per heavy atom. The number of hydrogen-bond acceptors (Lipinski definition) is 2. The zero-order chi connectivity index (χ0) is 10.2. The predicted octanol–water partition coefficient (Wildman–Crippen LogP) is 1.83. The Kier molecular flexibility index (Phi) is 4.78. The smallest absolute Gasteiger partial charge is 0.319 e. The van der Waals surface area contributed by atoms with Crippen molar-refractivity contribution in [1.82, 2.24) is 10.3 Å². The molecule has 2 N–H and O–H groups in total. The Hall–Kier alpha value is -1.29. The summed E-state index contributed by atoms with van der Waals surface area (Å²) in [6, 6.07) is 3.30. The van der Waals surface area contributed by atoms with E-state index in [1.807, 2.05) is 0 Å². The summed E-state index contributed by atoms with van der Waals surface area (Å²) in [6.45, 7) is 0.579. The van der Waals surface area contributed by atoms with E-state index < -0.39 is 0 Å². The van der Waals surface area contributed by atoms with Gasteiger partial charge in [-0.3, -0.25) is 4.98 Å². The third-order valence-corrected chi connectivity index (χ3v) is 1.78. The normalized spacial score (nSPS) is 9.50. The lowest BCUT2D eigenvalue weighted by molar-refractivity contribution is 0.252. The van der Waals surface area contributed by atoms with Gasteiger partial charge in [0, 0.05) is 18.6 Å². The van der Waals surface area contributed by atoms with Crippen molar-refractivity contribution in [2.75, 3.05) is 17.7 Å². The quantitative estimate of drug-likeness (QED) is 0.592. The maximum absolute atomic E-state index is 11.2. The molecule has 2 amide bonds. The molecule has 5 heteroatoms. The Balaban J connectivity index is 2.27. The van der Waals surface area contributed by atoms with Crippen LogP contribution in [0.25, 0.3) is 0 Å². The lowest BCUT2D eigenvalue weighted by Gasteiger charge is -2.05. The van der Waals surface area contributed by atoms with Gasteiger partial charge in [-0.05, 0) is 18.6 Å². The minimum absolute atomic E-state index is 0.233. The minimum atomic E-state index is -0.233. The van der Waals surface area contributed by atoms with Gasteiger partial charge in [0.2, 0.25) is 0 Å². The molecule has 0 aromatic carbocycles. The Morgan fingerprint density at radius 1 is 1.57 bits per heavy atom. The molecule has 14 heavy (non-hydrogen) atoms. The fraction of sp³-hybridized carbons (Fsp3) is 0.333. The largest absolute Gasteiger partial charge is 0.338 e. The van der Waals surface area contributed by atoms with Crippen LogP contribution in [0.4, 0.5) is 10.5 Å². The Bertz CT molecular complexity index is 279. The molecule has 0 saturated carbocycles. The zero-order valence-corrected chi connectivity index (χ0v) is 8.42. The number of pyridine rings is 1. The van der Waals surface area contributed by atoms with Gasteiger partial charge < -0.3 is 10.6 Å². The number of nitrogens with zero attached hydrogens (tertiary/aromatic N) is 1. The second kappa shape index (κ2) is 6.21. The van der Waals surface area contributed by atoms with E-state index in [-0.39, 0.29) is 6.03 Å². The van der Waals surface area contributed by atoms with Crippen LogP contribution in [-0.2, 0) is 0 Å². The first-order valence-corrected chi connectivity index (χ1v) is 4.87. The summed E-state index contributed by atoms with van der Waals surface area (Å²) in [5, 5.41) is 5.31. The van der Waals surface area contributed by atoms with Crippen molar-refractivity contribution in [2.24, 2.45) is 0 Å². The van der Waals surface area contributed by atoms with Gasteiger partial charge in [-0.2, -0.15) is 0 Å². The van der Waals surface area contributed by atoms with Gasteiger partial charge in [0.1, 0.15) is 0 Å². The lowest BCUT2D eigenvalue weighted by Crippen LogP contribution is -2.29. The Labute approximate surface area is 87.7 Å². The average Bonchev–Trinajstić information content (AvgIpc) is 2.20. The monoisotopic (exact) mass is 213 g/mol. The highest BCUT2D eigenvalue weighted by Gasteiger charge is 1.99. The van der Waals surface area contributed by atoms with Crippen LogP contribution in [0.3, 0.4) is 0 Å². The summed E-state index contributed by atoms with van der Waals surface area (Å²) in [6.07, 6.45) is 4.00. The number of alkyl halides is 1. The van der Waals surface area contributed by atoms with E-state index in [1.165, 1.54) is 0 Å². The molecule has 0 saturated heterocycles. The summed E-state index contributed by atoms with van der Waals surface area (Å²) in [5.41, 5.74) is 0.677. The van der Waals surface area contributed by atoms with E-state index in [1.54, 1.807) is 24.5 Å². The van der Waals surface area contributed by atoms with Crippen LogP contribution < -0.4 is 10.6 Å². The predicted molar refractivity (Wildman–Crippen MR) is 56.6 cm³/mol. The molecule has 0 aliphatic rings. The molecule has 0 unspecified atom stereocenters. The first-order valence-electron chi connectivity index (χ1n) is 4.34. The molecule has 1 aromatic heterocycles. The van der Waals surface area contributed by atoms with E-state index in [9.17, 15) is 4.79 Å². The lowest BCUT2D eigenvalue weighted by atomic mass is 10.4. The average molecular weight is 214 g/mol. The van der Waals surface area contributed by atoms with Gasteiger partial charge in [-0.25, -0.2) is 4.79 Å². The van der Waals surface area contributed by atoms with Crippen molar-refractivity contribution >= 4 is 23.3 Å². The highest BCUT2D eigenvalue weighted by Crippen LogP contribution is 2.01. The number of nitrogens with one attached hydrogen (secondary N) is 2. The van der Waals surface area contributed by atoms with Crippen molar-refractivity contribution < 1.29 is 4.79 Å². The van der Waals surface area contributed by atoms with E-state index in [4.69, 9.17) is 11.6 Å². The molecule has 0 aliphatic heterocycles. The summed E-state index contributed by atoms with van der Waals surface area (Å²) in [7, 11) is 0. The third kappa shape index (κ3) is 4.09. The molecule has 1 heterocycles. The molecule has 0 spiro atoms. The van der Waals surface area contributed by atoms with Crippen molar-refractivity contribution in [3.63, 3.8) is 0 Å². The standard InChI is InChI=1S/C9H12ClN3O/c10-4-2-6-12-9(14)13-8-3-1-5-11-7-8/h1,3,5,7H,2,4,6H2,(H2,12,13,14). The highest BCUT2D eigenvalue weighted by molar-refractivity contribution is 6.17. The van der Waals surface area contributed by atoms with Gasteiger partial charge in [0.05, 0.1) is 11.9 Å². The van der Waals surface area contributed by atoms with Gasteiger partial charge in [-0.15, -0.1) is 11.6 Å². The van der Waals surface area contributed by atoms with Crippen LogP contribution in [-0.4, -0.2) is 23.4 Å². The number of aromatic nitrogens is 1. The molecule has 0 aliphatic carbocycles. The number of rotatable bonds is 4. The SMILES string of the molecule is O=C(NCCCCl)Nc1cccnc1. The molecule has 0 atom stereocenters. The van der Waals surface area contributed by atoms with Crippen LogP contribution in [0.2, 0.25) is 0 Å². The topological polar surface area (TPSA) is 54.0 Å². The van der Waals surface area contributed by atoms with E-state index in [2.05, 4.69) is 15.6 Å². The summed E-state index contributed by atoms with van der Waals surface area (Å²) in [5.74, 6) is 0.549. The number of urea groups is 1. The van der Waals surface area contributed by atoms with E-state index >= 15 is 0 Å². The van der Waals surface area contributed by atoms with Crippen molar-refractivity contribution in [3.8, 4) is 0 Å². The maximum atomic E-state index is 11.2. The van der Waals surface area contributed by atoms with Gasteiger partial charge in [0.25, 0.3) is 0 Å². The van der Waals surface area contributed by atoms with Gasteiger partial charge in [0.15, 0.2) is 0 Å². The number of halogens is 1. The second-order valence-corrected chi connectivity index (χ2v) is 3.04. The molecule has 76 valence electrons. The molecule has 0 radical (unpaired) electrons. The van der Waals surface area contributed by atoms with E-state index in [0.29, 0.717) is 18.1 Å². The first kappa shape index (κ1) is 10.8. The van der Waals surface area contributed by atoms with Crippen molar-refractivity contribution in [2.45, 2.75) is 6.42 Å². The number of carbonyl (C=O) groups excluding carboxylic acids is 1. The minimum Gasteiger partial charge on any atom is -0.338 e. The van der Waals surface area contributed by atoms with Crippen LogP contribution >= 0.6 is 11.6 Å². The van der Waals surface area contributed by atoms with Crippen LogP contribution in [0.1, 0.15) is 6.42 Å². The third-order valence-electron chi connectivity index (χ3n) is 1.52. The molecule has 0 fully saturated rings.